The van der Waals surface area contributed by atoms with Crippen molar-refractivity contribution in [3.8, 4) is 6.07 Å². The van der Waals surface area contributed by atoms with Crippen LogP contribution in [0.2, 0.25) is 5.02 Å². The molecule has 2 aromatic carbocycles. The molecule has 2 saturated heterocycles. The van der Waals surface area contributed by atoms with E-state index in [2.05, 4.69) is 35.5 Å². The predicted octanol–water partition coefficient (Wildman–Crippen LogP) is 3.84. The lowest BCUT2D eigenvalue weighted by molar-refractivity contribution is -0.180. The van der Waals surface area contributed by atoms with Crippen LogP contribution in [0.4, 0.5) is 10.1 Å². The van der Waals surface area contributed by atoms with Crippen LogP contribution in [0.3, 0.4) is 0 Å². The summed E-state index contributed by atoms with van der Waals surface area (Å²) in [6.45, 7) is 5.75. The fraction of sp³-hybridized carbons (Fsp3) is 0.423. The molecule has 0 spiro atoms. The Labute approximate surface area is 209 Å². The summed E-state index contributed by atoms with van der Waals surface area (Å²) >= 11 is 5.91. The SMILES string of the molecule is CNC(=O)c1cc(Cl)c(F)cc1NC(=O)C1(c2ccccc2C(C)C)CN(C2(CC#N)COC2)C1. The van der Waals surface area contributed by atoms with Crippen molar-refractivity contribution in [2.45, 2.75) is 37.1 Å². The Morgan fingerprint density at radius 1 is 1.26 bits per heavy atom. The third-order valence-corrected chi connectivity index (χ3v) is 7.34. The van der Waals surface area contributed by atoms with Gasteiger partial charge in [0, 0.05) is 20.1 Å². The van der Waals surface area contributed by atoms with E-state index in [4.69, 9.17) is 16.3 Å². The van der Waals surface area contributed by atoms with Gasteiger partial charge in [0.1, 0.15) is 5.82 Å². The molecule has 9 heteroatoms. The summed E-state index contributed by atoms with van der Waals surface area (Å²) in [5, 5.41) is 14.5. The van der Waals surface area contributed by atoms with Gasteiger partial charge in [-0.15, -0.1) is 0 Å². The number of hydrogen-bond acceptors (Lipinski definition) is 5. The van der Waals surface area contributed by atoms with Crippen LogP contribution in [-0.4, -0.2) is 55.6 Å². The van der Waals surface area contributed by atoms with Crippen molar-refractivity contribution in [3.63, 3.8) is 0 Å². The summed E-state index contributed by atoms with van der Waals surface area (Å²) in [5.41, 5.74) is 0.682. The van der Waals surface area contributed by atoms with Crippen LogP contribution in [0.1, 0.15) is 47.7 Å². The molecule has 0 radical (unpaired) electrons. The van der Waals surface area contributed by atoms with Gasteiger partial charge < -0.3 is 15.4 Å². The Morgan fingerprint density at radius 3 is 2.51 bits per heavy atom. The Balaban J connectivity index is 1.74. The number of likely N-dealkylation sites (tertiary alicyclic amines) is 1. The second-order valence-electron chi connectivity index (χ2n) is 9.58. The minimum Gasteiger partial charge on any atom is -0.377 e. The summed E-state index contributed by atoms with van der Waals surface area (Å²) in [6, 6.07) is 12.3. The van der Waals surface area contributed by atoms with Crippen molar-refractivity contribution in [1.29, 1.82) is 5.26 Å². The van der Waals surface area contributed by atoms with Gasteiger partial charge in [-0.25, -0.2) is 4.39 Å². The van der Waals surface area contributed by atoms with Crippen molar-refractivity contribution in [2.75, 3.05) is 38.7 Å². The number of halogens is 2. The Bertz CT molecular complexity index is 1200. The molecule has 4 rings (SSSR count). The summed E-state index contributed by atoms with van der Waals surface area (Å²) < 4.78 is 19.8. The molecule has 2 aliphatic heterocycles. The summed E-state index contributed by atoms with van der Waals surface area (Å²) in [7, 11) is 1.45. The number of carbonyl (C=O) groups is 2. The van der Waals surface area contributed by atoms with Gasteiger partial charge in [-0.3, -0.25) is 14.5 Å². The van der Waals surface area contributed by atoms with Crippen molar-refractivity contribution < 1.29 is 18.7 Å². The maximum atomic E-state index is 14.4. The number of nitrogens with one attached hydrogen (secondary N) is 2. The molecule has 7 nitrogen and oxygen atoms in total. The first-order valence-corrected chi connectivity index (χ1v) is 11.9. The van der Waals surface area contributed by atoms with Crippen LogP contribution < -0.4 is 10.6 Å². The number of anilines is 1. The normalized spacial score (nSPS) is 18.2. The molecule has 2 N–H and O–H groups in total. The van der Waals surface area contributed by atoms with Crippen LogP contribution in [0, 0.1) is 17.1 Å². The minimum absolute atomic E-state index is 0.0508. The number of benzene rings is 2. The smallest absolute Gasteiger partial charge is 0.253 e. The first-order valence-electron chi connectivity index (χ1n) is 11.5. The zero-order valence-corrected chi connectivity index (χ0v) is 20.7. The molecule has 184 valence electrons. The van der Waals surface area contributed by atoms with E-state index in [1.807, 2.05) is 24.3 Å². The second-order valence-corrected chi connectivity index (χ2v) is 9.98. The number of amides is 2. The Kier molecular flexibility index (Phi) is 6.87. The molecule has 0 unspecified atom stereocenters. The van der Waals surface area contributed by atoms with E-state index < -0.39 is 22.7 Å². The topological polar surface area (TPSA) is 94.5 Å². The van der Waals surface area contributed by atoms with E-state index in [1.54, 1.807) is 0 Å². The lowest BCUT2D eigenvalue weighted by Crippen LogP contribution is -2.75. The molecule has 2 aromatic rings. The van der Waals surface area contributed by atoms with Crippen LogP contribution in [0.25, 0.3) is 0 Å². The Morgan fingerprint density at radius 2 is 1.94 bits per heavy atom. The maximum Gasteiger partial charge on any atom is 0.253 e. The summed E-state index contributed by atoms with van der Waals surface area (Å²) in [4.78, 5) is 28.5. The van der Waals surface area contributed by atoms with E-state index in [0.29, 0.717) is 32.7 Å². The highest BCUT2D eigenvalue weighted by Crippen LogP contribution is 2.45. The van der Waals surface area contributed by atoms with E-state index in [-0.39, 0.29) is 28.1 Å². The second kappa shape index (κ2) is 9.57. The van der Waals surface area contributed by atoms with Gasteiger partial charge in [-0.05, 0) is 29.2 Å². The highest BCUT2D eigenvalue weighted by molar-refractivity contribution is 6.31. The molecule has 2 heterocycles. The van der Waals surface area contributed by atoms with Gasteiger partial charge >= 0.3 is 0 Å². The first-order chi connectivity index (χ1) is 16.7. The predicted molar refractivity (Wildman–Crippen MR) is 131 cm³/mol. The highest BCUT2D eigenvalue weighted by Gasteiger charge is 2.59. The number of ether oxygens (including phenoxy) is 1. The standard InChI is InChI=1S/C26H28ClFN4O3/c1-16(2)17-6-4-5-7-19(17)26(12-32(13-26)25(8-9-29)14-35-15-25)24(34)31-22-11-21(28)20(27)10-18(22)23(33)30-3/h4-7,10-11,16H,8,12-15H2,1-3H3,(H,30,33)(H,31,34). The number of hydrogen-bond donors (Lipinski definition) is 2. The molecule has 0 aliphatic carbocycles. The highest BCUT2D eigenvalue weighted by atomic mass is 35.5. The quantitative estimate of drug-likeness (QED) is 0.605. The summed E-state index contributed by atoms with van der Waals surface area (Å²) in [5.74, 6) is -1.41. The molecule has 35 heavy (non-hydrogen) atoms. The van der Waals surface area contributed by atoms with Gasteiger partial charge in [-0.1, -0.05) is 49.7 Å². The van der Waals surface area contributed by atoms with Gasteiger partial charge in [0.15, 0.2) is 0 Å². The molecular formula is C26H28ClFN4O3. The molecule has 2 amide bonds. The molecule has 2 aliphatic rings. The average Bonchev–Trinajstić information content (AvgIpc) is 2.78. The van der Waals surface area contributed by atoms with Gasteiger partial charge in [0.25, 0.3) is 5.91 Å². The van der Waals surface area contributed by atoms with Gasteiger partial charge in [-0.2, -0.15) is 5.26 Å². The summed E-state index contributed by atoms with van der Waals surface area (Å²) in [6.07, 6.45) is 0.305. The number of rotatable bonds is 7. The Hall–Kier alpha value is -2.99. The fourth-order valence-electron chi connectivity index (χ4n) is 4.91. The average molecular weight is 499 g/mol. The molecule has 0 atom stereocenters. The molecule has 0 saturated carbocycles. The number of carbonyl (C=O) groups excluding carboxylic acids is 2. The van der Waals surface area contributed by atoms with Crippen LogP contribution >= 0.6 is 11.6 Å². The number of nitrogens with zero attached hydrogens (tertiary/aromatic N) is 2. The van der Waals surface area contributed by atoms with Crippen molar-refractivity contribution >= 4 is 29.1 Å². The van der Waals surface area contributed by atoms with E-state index >= 15 is 0 Å². The zero-order valence-electron chi connectivity index (χ0n) is 20.0. The third-order valence-electron chi connectivity index (χ3n) is 7.06. The van der Waals surface area contributed by atoms with Crippen molar-refractivity contribution in [2.24, 2.45) is 0 Å². The molecule has 0 aromatic heterocycles. The van der Waals surface area contributed by atoms with E-state index in [9.17, 15) is 19.2 Å². The fourth-order valence-corrected chi connectivity index (χ4v) is 5.07. The minimum atomic E-state index is -0.949. The monoisotopic (exact) mass is 498 g/mol. The van der Waals surface area contributed by atoms with Gasteiger partial charge in [0.05, 0.1) is 52.9 Å². The van der Waals surface area contributed by atoms with Crippen molar-refractivity contribution in [1.82, 2.24) is 10.2 Å². The lowest BCUT2D eigenvalue weighted by atomic mass is 9.67. The maximum absolute atomic E-state index is 14.4. The first kappa shape index (κ1) is 25.1. The van der Waals surface area contributed by atoms with Gasteiger partial charge in [0.2, 0.25) is 5.91 Å². The molecule has 2 fully saturated rings. The third kappa shape index (κ3) is 4.29. The van der Waals surface area contributed by atoms with Crippen molar-refractivity contribution in [3.05, 3.63) is 63.9 Å². The molecule has 0 bridgehead atoms. The van der Waals surface area contributed by atoms with E-state index in [1.165, 1.54) is 13.1 Å². The van der Waals surface area contributed by atoms with E-state index in [0.717, 1.165) is 17.2 Å². The lowest BCUT2D eigenvalue weighted by Gasteiger charge is -2.60. The van der Waals surface area contributed by atoms with Crippen LogP contribution in [0.5, 0.6) is 0 Å². The number of nitriles is 1. The molecular weight excluding hydrogens is 471 g/mol. The zero-order chi connectivity index (χ0) is 25.4. The van der Waals surface area contributed by atoms with Crippen LogP contribution in [0.15, 0.2) is 36.4 Å². The largest absolute Gasteiger partial charge is 0.377 e. The van der Waals surface area contributed by atoms with Crippen LogP contribution in [-0.2, 0) is 14.9 Å².